The summed E-state index contributed by atoms with van der Waals surface area (Å²) in [6.07, 6.45) is 9.04. The lowest BCUT2D eigenvalue weighted by atomic mass is 9.76. The van der Waals surface area contributed by atoms with Crippen LogP contribution in [0, 0.1) is 0 Å². The second-order valence-electron chi connectivity index (χ2n) is 6.30. The Bertz CT molecular complexity index is 734. The van der Waals surface area contributed by atoms with Gasteiger partial charge in [0.1, 0.15) is 5.84 Å². The van der Waals surface area contributed by atoms with Crippen LogP contribution in [0.1, 0.15) is 42.7 Å². The Hall–Kier alpha value is -2.23. The van der Waals surface area contributed by atoms with E-state index in [1.54, 1.807) is 14.2 Å². The van der Waals surface area contributed by atoms with Crippen LogP contribution < -0.4 is 9.47 Å². The zero-order chi connectivity index (χ0) is 15.8. The van der Waals surface area contributed by atoms with Crippen LogP contribution in [-0.2, 0) is 0 Å². The fourth-order valence-corrected chi connectivity index (χ4v) is 3.93. The number of aliphatic imine (C=N–C) groups is 1. The van der Waals surface area contributed by atoms with Gasteiger partial charge < -0.3 is 14.0 Å². The normalized spacial score (nSPS) is 22.8. The van der Waals surface area contributed by atoms with Gasteiger partial charge in [-0.3, -0.25) is 4.99 Å². The molecule has 0 bridgehead atoms. The number of benzene rings is 1. The average Bonchev–Trinajstić information content (AvgIpc) is 3.14. The van der Waals surface area contributed by atoms with Gasteiger partial charge in [0.2, 0.25) is 0 Å². The minimum atomic E-state index is 0.381. The van der Waals surface area contributed by atoms with E-state index in [1.165, 1.54) is 36.8 Å². The fraction of sp³-hybridized carbons (Fsp3) is 0.421. The van der Waals surface area contributed by atoms with Crippen LogP contribution in [0.3, 0.4) is 0 Å². The second kappa shape index (κ2) is 5.76. The van der Waals surface area contributed by atoms with Crippen molar-refractivity contribution in [1.82, 2.24) is 4.57 Å². The highest BCUT2D eigenvalue weighted by molar-refractivity contribution is 6.03. The summed E-state index contributed by atoms with van der Waals surface area (Å²) in [7, 11) is 3.38. The number of fused-ring (bicyclic) bond motifs is 3. The van der Waals surface area contributed by atoms with Crippen LogP contribution in [0.25, 0.3) is 0 Å². The third-order valence-electron chi connectivity index (χ3n) is 5.06. The molecule has 2 aromatic rings. The molecule has 1 aromatic carbocycles. The Balaban J connectivity index is 1.91. The highest BCUT2D eigenvalue weighted by Crippen LogP contribution is 2.44. The summed E-state index contributed by atoms with van der Waals surface area (Å²) in [5, 5.41) is 0. The van der Waals surface area contributed by atoms with Crippen molar-refractivity contribution in [1.29, 1.82) is 0 Å². The molecule has 23 heavy (non-hydrogen) atoms. The van der Waals surface area contributed by atoms with Crippen molar-refractivity contribution in [2.24, 2.45) is 4.99 Å². The maximum absolute atomic E-state index is 5.54. The number of hydrogen-bond donors (Lipinski definition) is 0. The zero-order valence-corrected chi connectivity index (χ0v) is 13.7. The van der Waals surface area contributed by atoms with E-state index in [0.29, 0.717) is 12.0 Å². The molecule has 0 radical (unpaired) electrons. The van der Waals surface area contributed by atoms with Crippen molar-refractivity contribution < 1.29 is 9.47 Å². The summed E-state index contributed by atoms with van der Waals surface area (Å²) in [6, 6.07) is 8.70. The van der Waals surface area contributed by atoms with E-state index in [2.05, 4.69) is 29.1 Å². The predicted molar refractivity (Wildman–Crippen MR) is 90.9 cm³/mol. The second-order valence-corrected chi connectivity index (χ2v) is 6.30. The number of methoxy groups -OCH3 is 2. The Kier molecular flexibility index (Phi) is 3.60. The lowest BCUT2D eigenvalue weighted by Crippen LogP contribution is -2.31. The molecule has 2 aliphatic rings. The number of rotatable bonds is 2. The third-order valence-corrected chi connectivity index (χ3v) is 5.06. The van der Waals surface area contributed by atoms with Crippen LogP contribution in [0.4, 0.5) is 0 Å². The molecule has 1 aliphatic carbocycles. The van der Waals surface area contributed by atoms with Gasteiger partial charge >= 0.3 is 0 Å². The molecular weight excluding hydrogens is 288 g/mol. The summed E-state index contributed by atoms with van der Waals surface area (Å²) >= 11 is 0. The average molecular weight is 310 g/mol. The van der Waals surface area contributed by atoms with Gasteiger partial charge in [-0.15, -0.1) is 0 Å². The maximum Gasteiger partial charge on any atom is 0.161 e. The largest absolute Gasteiger partial charge is 0.493 e. The van der Waals surface area contributed by atoms with E-state index in [4.69, 9.17) is 14.5 Å². The van der Waals surface area contributed by atoms with Crippen molar-refractivity contribution >= 4 is 5.84 Å². The van der Waals surface area contributed by atoms with Gasteiger partial charge in [-0.2, -0.15) is 0 Å². The van der Waals surface area contributed by atoms with Gasteiger partial charge in [0.15, 0.2) is 11.5 Å². The van der Waals surface area contributed by atoms with Gasteiger partial charge in [-0.05, 0) is 42.7 Å². The van der Waals surface area contributed by atoms with E-state index >= 15 is 0 Å². The van der Waals surface area contributed by atoms with Crippen molar-refractivity contribution in [3.8, 4) is 11.5 Å². The topological polar surface area (TPSA) is 35.8 Å². The summed E-state index contributed by atoms with van der Waals surface area (Å²) in [5.74, 6) is 3.09. The highest BCUT2D eigenvalue weighted by atomic mass is 16.5. The molecule has 1 saturated carbocycles. The highest BCUT2D eigenvalue weighted by Gasteiger charge is 2.34. The van der Waals surface area contributed by atoms with Crippen molar-refractivity contribution in [2.45, 2.75) is 37.6 Å². The van der Waals surface area contributed by atoms with E-state index in [1.807, 2.05) is 12.1 Å². The third kappa shape index (κ3) is 2.33. The Morgan fingerprint density at radius 1 is 1.00 bits per heavy atom. The van der Waals surface area contributed by atoms with E-state index in [-0.39, 0.29) is 0 Å². The first kappa shape index (κ1) is 14.4. The first-order valence-corrected chi connectivity index (χ1v) is 8.29. The molecule has 2 atom stereocenters. The number of ether oxygens (including phenoxy) is 2. The lowest BCUT2D eigenvalue weighted by molar-refractivity contribution is 0.349. The number of aromatic nitrogens is 1. The van der Waals surface area contributed by atoms with Crippen LogP contribution in [0.5, 0.6) is 11.5 Å². The molecule has 1 aromatic heterocycles. The molecular formula is C19H22N2O2. The van der Waals surface area contributed by atoms with E-state index in [0.717, 1.165) is 17.3 Å². The summed E-state index contributed by atoms with van der Waals surface area (Å²) in [4.78, 5) is 5.10. The van der Waals surface area contributed by atoms with Crippen molar-refractivity contribution in [3.05, 3.63) is 47.8 Å². The van der Waals surface area contributed by atoms with E-state index in [9.17, 15) is 0 Å². The first-order chi connectivity index (χ1) is 11.3. The molecule has 0 spiro atoms. The van der Waals surface area contributed by atoms with E-state index < -0.39 is 0 Å². The minimum absolute atomic E-state index is 0.381. The SMILES string of the molecule is COc1cc2c(cc1OC)C1CCCCC1N=C2n1cccc1. The molecule has 1 fully saturated rings. The fourth-order valence-electron chi connectivity index (χ4n) is 3.93. The Morgan fingerprint density at radius 2 is 1.70 bits per heavy atom. The predicted octanol–water partition coefficient (Wildman–Crippen LogP) is 3.84. The van der Waals surface area contributed by atoms with Crippen LogP contribution in [0.15, 0.2) is 41.7 Å². The van der Waals surface area contributed by atoms with Gasteiger partial charge in [0.25, 0.3) is 0 Å². The molecule has 120 valence electrons. The first-order valence-electron chi connectivity index (χ1n) is 8.29. The summed E-state index contributed by atoms with van der Waals surface area (Å²) in [6.45, 7) is 0. The molecule has 4 heteroatoms. The lowest BCUT2D eigenvalue weighted by Gasteiger charge is -2.35. The van der Waals surface area contributed by atoms with Crippen molar-refractivity contribution in [2.75, 3.05) is 14.2 Å². The van der Waals surface area contributed by atoms with Gasteiger partial charge in [0.05, 0.1) is 20.3 Å². The van der Waals surface area contributed by atoms with Crippen LogP contribution in [0.2, 0.25) is 0 Å². The van der Waals surface area contributed by atoms with Crippen LogP contribution >= 0.6 is 0 Å². The number of nitrogens with zero attached hydrogens (tertiary/aromatic N) is 2. The molecule has 0 saturated heterocycles. The van der Waals surface area contributed by atoms with Gasteiger partial charge in [-0.1, -0.05) is 12.8 Å². The number of hydrogen-bond acceptors (Lipinski definition) is 3. The molecule has 4 rings (SSSR count). The molecule has 0 N–H and O–H groups in total. The summed E-state index contributed by atoms with van der Waals surface area (Å²) < 4.78 is 13.2. The zero-order valence-electron chi connectivity index (χ0n) is 13.7. The minimum Gasteiger partial charge on any atom is -0.493 e. The molecule has 0 amide bonds. The Labute approximate surface area is 136 Å². The standard InChI is InChI=1S/C19H22N2O2/c1-22-17-11-14-13-7-3-4-8-16(13)20-19(21-9-5-6-10-21)15(14)12-18(17)23-2/h5-6,9-13,16H,3-4,7-8H2,1-2H3. The molecule has 2 unspecified atom stereocenters. The van der Waals surface area contributed by atoms with Gasteiger partial charge in [0, 0.05) is 23.9 Å². The monoisotopic (exact) mass is 310 g/mol. The van der Waals surface area contributed by atoms with Gasteiger partial charge in [-0.25, -0.2) is 0 Å². The van der Waals surface area contributed by atoms with Crippen LogP contribution in [-0.4, -0.2) is 30.7 Å². The quantitative estimate of drug-likeness (QED) is 0.845. The molecule has 1 aliphatic heterocycles. The smallest absolute Gasteiger partial charge is 0.161 e. The van der Waals surface area contributed by atoms with Crippen molar-refractivity contribution in [3.63, 3.8) is 0 Å². The molecule has 4 nitrogen and oxygen atoms in total. The Morgan fingerprint density at radius 3 is 2.43 bits per heavy atom. The maximum atomic E-state index is 5.54. The molecule has 2 heterocycles. The summed E-state index contributed by atoms with van der Waals surface area (Å²) in [5.41, 5.74) is 2.52.